The van der Waals surface area contributed by atoms with Crippen molar-refractivity contribution in [2.75, 3.05) is 10.6 Å². The maximum Gasteiger partial charge on any atom is 0.255 e. The molecule has 22 aromatic rings. The number of carbonyl (C=O) groups is 10. The highest BCUT2D eigenvalue weighted by atomic mass is 32.1. The zero-order valence-electron chi connectivity index (χ0n) is 70.5. The first-order valence-electron chi connectivity index (χ1n) is 40.7. The third-order valence-electron chi connectivity index (χ3n) is 22.5. The van der Waals surface area contributed by atoms with Crippen molar-refractivity contribution in [3.8, 4) is 0 Å². The van der Waals surface area contributed by atoms with E-state index in [1.165, 1.54) is 121 Å². The van der Waals surface area contributed by atoms with Gasteiger partial charge in [0.25, 0.3) is 5.91 Å². The predicted octanol–water partition coefficient (Wildman–Crippen LogP) is 29.5. The Morgan fingerprint density at radius 1 is 0.273 bits per heavy atom. The molecule has 13 nitrogen and oxygen atoms in total. The number of benzene rings is 15. The summed E-state index contributed by atoms with van der Waals surface area (Å²) in [6, 6.07) is 86.5. The van der Waals surface area contributed by atoms with Crippen LogP contribution in [0.3, 0.4) is 0 Å². The average molecular weight is 1800 g/mol. The second-order valence-electron chi connectivity index (χ2n) is 30.8. The van der Waals surface area contributed by atoms with E-state index in [1.54, 1.807) is 92.3 Å². The Balaban J connectivity index is 0.000000110. The summed E-state index contributed by atoms with van der Waals surface area (Å²) in [4.78, 5) is 111. The van der Waals surface area contributed by atoms with Crippen LogP contribution in [0.25, 0.3) is 141 Å². The number of nitrogens with one attached hydrogen (secondary N) is 2. The van der Waals surface area contributed by atoms with E-state index in [9.17, 15) is 47.9 Å². The summed E-state index contributed by atoms with van der Waals surface area (Å²) in [5, 5.41) is 21.9. The van der Waals surface area contributed by atoms with Crippen molar-refractivity contribution in [3.63, 3.8) is 0 Å². The molecule has 7 aromatic heterocycles. The smallest absolute Gasteiger partial charge is 0.255 e. The lowest BCUT2D eigenvalue weighted by atomic mass is 9.98. The van der Waals surface area contributed by atoms with E-state index in [2.05, 4.69) is 111 Å². The lowest BCUT2D eigenvalue weighted by Crippen LogP contribution is -2.11. The maximum absolute atomic E-state index is 12.3. The van der Waals surface area contributed by atoms with Crippen molar-refractivity contribution in [1.82, 2.24) is 0 Å². The van der Waals surface area contributed by atoms with E-state index in [1.807, 2.05) is 191 Å². The zero-order valence-corrected chi connectivity index (χ0v) is 76.2. The number of hydrogen-bond donors (Lipinski definition) is 3. The number of amides is 3. The minimum Gasteiger partial charge on any atom is -0.366 e. The highest BCUT2D eigenvalue weighted by Crippen LogP contribution is 2.44. The molecule has 0 aliphatic heterocycles. The Bertz CT molecular complexity index is 8260. The molecule has 0 bridgehead atoms. The first-order valence-corrected chi connectivity index (χ1v) is 46.4. The molecule has 3 amide bonds. The largest absolute Gasteiger partial charge is 0.366 e. The van der Waals surface area contributed by atoms with Gasteiger partial charge in [0.2, 0.25) is 11.8 Å². The number of aryl methyl sites for hydroxylation is 7. The molecule has 0 aliphatic carbocycles. The van der Waals surface area contributed by atoms with Crippen LogP contribution in [-0.2, 0) is 4.79 Å². The van der Waals surface area contributed by atoms with Gasteiger partial charge in [0.05, 0.1) is 5.56 Å². The minimum absolute atomic E-state index is 0.0903. The molecule has 22 rings (SSSR count). The number of fused-ring (bicyclic) bond motifs is 21. The molecular weight excluding hydrogens is 1720 g/mol. The van der Waals surface area contributed by atoms with Gasteiger partial charge in [-0.15, -0.1) is 79.4 Å². The lowest BCUT2D eigenvalue weighted by Gasteiger charge is -2.05. The van der Waals surface area contributed by atoms with Gasteiger partial charge in [0, 0.05) is 204 Å². The second-order valence-corrected chi connectivity index (χ2v) is 38.3. The minimum atomic E-state index is -0.428. The number of nitrogens with two attached hydrogens (primary N) is 1. The fourth-order valence-electron chi connectivity index (χ4n) is 16.1. The van der Waals surface area contributed by atoms with Crippen LogP contribution in [0.4, 0.5) is 11.4 Å². The first-order chi connectivity index (χ1) is 62.0. The molecule has 0 atom stereocenters. The van der Waals surface area contributed by atoms with Crippen LogP contribution in [-0.4, -0.2) is 61.7 Å². The van der Waals surface area contributed by atoms with Crippen molar-refractivity contribution >= 4 is 294 Å². The van der Waals surface area contributed by atoms with Crippen molar-refractivity contribution in [1.29, 1.82) is 0 Å². The molecule has 0 radical (unpaired) electrons. The summed E-state index contributed by atoms with van der Waals surface area (Å²) in [5.41, 5.74) is 21.4. The van der Waals surface area contributed by atoms with Crippen molar-refractivity contribution in [3.05, 3.63) is 356 Å². The number of rotatable bonds is 11. The maximum atomic E-state index is 12.3. The predicted molar refractivity (Wildman–Crippen MR) is 543 cm³/mol. The van der Waals surface area contributed by atoms with Crippen LogP contribution in [0.2, 0.25) is 0 Å². The number of thiophene rings is 7. The Hall–Kier alpha value is -14.1. The number of aldehydes is 7. The monoisotopic (exact) mass is 1800 g/mol. The molecule has 0 saturated heterocycles. The van der Waals surface area contributed by atoms with Gasteiger partial charge in [-0.3, -0.25) is 47.9 Å². The number of carbonyl (C=O) groups excluding carboxylic acids is 10. The van der Waals surface area contributed by atoms with Gasteiger partial charge in [0.1, 0.15) is 37.7 Å². The third-order valence-corrected chi connectivity index (χ3v) is 30.9. The highest BCUT2D eigenvalue weighted by Gasteiger charge is 2.19. The molecule has 0 aliphatic rings. The summed E-state index contributed by atoms with van der Waals surface area (Å²) in [5.74, 6) is -0.644. The van der Waals surface area contributed by atoms with E-state index in [0.717, 1.165) is 155 Å². The standard InChI is InChI=1S/C20H13NO2S.C15H11NO2S.3C15H12OS.C14H9NO2S.C14H10OS/c22-12-13-6-9-18-17(10-13)16-8-7-15(11-19(16)24-18)21-20(23)14-4-2-1-3-5-14;1-9(18)16-11-3-5-15-13(7-11)12-6-10(8-17)2-4-14(12)19-15;1-9-3-5-14-15(10(9)2)12-7-11(8-16)4-6-13(12)17-14;1-9-7-11(8-16)10(2)14-12-5-3-4-6-13(12)17-15(9)14;1-9-7-14-15(10(2)12(9)8-16)11-5-3-4-6-13(11)17-14;15-14(17)10-3-1-2-9-11-6-8(7-16)4-5-12(11)18-13(9)10;1-9-6-10(8-15)7-12-11-4-2-3-5-13(11)16-14(9)12/h1-12H,(H,21,23);2-8H,1H3,(H,16,18);3*3-8H,1-2H3;1-7H,(H2,15,17);2-8H,1H3. The van der Waals surface area contributed by atoms with Crippen LogP contribution in [0.15, 0.2) is 267 Å². The Morgan fingerprint density at radius 3 is 1.32 bits per heavy atom. The zero-order chi connectivity index (χ0) is 89.7. The summed E-state index contributed by atoms with van der Waals surface area (Å²) in [7, 11) is 0. The van der Waals surface area contributed by atoms with Crippen molar-refractivity contribution in [2.24, 2.45) is 5.73 Å². The van der Waals surface area contributed by atoms with Gasteiger partial charge in [-0.05, 0) is 233 Å². The molecule has 0 saturated carbocycles. The number of primary amides is 1. The molecule has 628 valence electrons. The van der Waals surface area contributed by atoms with Crippen LogP contribution < -0.4 is 16.4 Å². The summed E-state index contributed by atoms with van der Waals surface area (Å²) in [6.07, 6.45) is 6.27. The van der Waals surface area contributed by atoms with E-state index in [-0.39, 0.29) is 11.8 Å². The van der Waals surface area contributed by atoms with E-state index in [0.29, 0.717) is 27.8 Å². The molecule has 4 N–H and O–H groups in total. The molecule has 0 spiro atoms. The second kappa shape index (κ2) is 38.0. The third kappa shape index (κ3) is 17.8. The average Bonchev–Trinajstić information content (AvgIpc) is 1.60. The topological polar surface area (TPSA) is 221 Å². The lowest BCUT2D eigenvalue weighted by molar-refractivity contribution is -0.114. The number of hydrogen-bond acceptors (Lipinski definition) is 17. The summed E-state index contributed by atoms with van der Waals surface area (Å²) >= 11 is 12.0. The van der Waals surface area contributed by atoms with Crippen molar-refractivity contribution in [2.45, 2.75) is 55.4 Å². The van der Waals surface area contributed by atoms with Gasteiger partial charge < -0.3 is 16.4 Å². The molecular formula is C108H79N3O10S7. The fourth-order valence-corrected chi connectivity index (χ4v) is 24.3. The molecule has 20 heteroatoms. The van der Waals surface area contributed by atoms with Crippen LogP contribution in [0.1, 0.15) is 139 Å². The fraction of sp³-hybridized carbons (Fsp3) is 0.0741. The van der Waals surface area contributed by atoms with Gasteiger partial charge in [-0.25, -0.2) is 0 Å². The number of anilines is 2. The molecule has 7 heterocycles. The van der Waals surface area contributed by atoms with E-state index < -0.39 is 5.91 Å². The van der Waals surface area contributed by atoms with Gasteiger partial charge in [-0.2, -0.15) is 0 Å². The van der Waals surface area contributed by atoms with Crippen LogP contribution in [0.5, 0.6) is 0 Å². The summed E-state index contributed by atoms with van der Waals surface area (Å²) in [6.45, 7) is 16.0. The Morgan fingerprint density at radius 2 is 0.711 bits per heavy atom. The van der Waals surface area contributed by atoms with Gasteiger partial charge in [0.15, 0.2) is 6.29 Å². The van der Waals surface area contributed by atoms with Crippen LogP contribution in [0, 0.1) is 48.5 Å². The normalized spacial score (nSPS) is 11.0. The van der Waals surface area contributed by atoms with Gasteiger partial charge >= 0.3 is 0 Å². The molecule has 0 fully saturated rings. The van der Waals surface area contributed by atoms with E-state index in [4.69, 9.17) is 5.73 Å². The SMILES string of the molecule is CC(=O)Nc1ccc2sc3ccc(C=O)cc3c2c1.Cc1cc(C=O)c(C)c2c1sc1ccccc12.Cc1cc(C=O)cc2c1sc1ccccc12.Cc1cc2sc3ccccc3c2c(C)c1C=O.Cc1ccc2sc3ccc(C=O)cc3c2c1C.NC(=O)c1cccc2c1sc1ccc(C=O)cc12.O=Cc1ccc2sc3cc(NC(=O)c4ccccc4)ccc3c2c1. The highest BCUT2D eigenvalue weighted by molar-refractivity contribution is 7.28. The van der Waals surface area contributed by atoms with E-state index >= 15 is 0 Å². The molecule has 15 aromatic carbocycles. The quantitative estimate of drug-likeness (QED) is 0.104. The van der Waals surface area contributed by atoms with Gasteiger partial charge in [-0.1, -0.05) is 121 Å². The Kier molecular flexibility index (Phi) is 26.0. The Labute approximate surface area is 763 Å². The molecule has 128 heavy (non-hydrogen) atoms. The first kappa shape index (κ1) is 87.4. The van der Waals surface area contributed by atoms with Crippen molar-refractivity contribution < 1.29 is 47.9 Å². The summed E-state index contributed by atoms with van der Waals surface area (Å²) < 4.78 is 16.7. The molecule has 0 unspecified atom stereocenters. The van der Waals surface area contributed by atoms with Crippen LogP contribution >= 0.6 is 79.4 Å².